The van der Waals surface area contributed by atoms with Crippen LogP contribution in [0.3, 0.4) is 0 Å². The van der Waals surface area contributed by atoms with Crippen molar-refractivity contribution in [2.75, 3.05) is 0 Å². The fraction of sp³-hybridized carbons (Fsp3) is 0.0244. The number of halogens is 14. The zero-order chi connectivity index (χ0) is 41.9. The molecular formula is C41H13BF14O3. The van der Waals surface area contributed by atoms with Gasteiger partial charge in [-0.2, -0.15) is 13.2 Å². The Morgan fingerprint density at radius 1 is 0.356 bits per heavy atom. The summed E-state index contributed by atoms with van der Waals surface area (Å²) in [5, 5.41) is -5.39. The van der Waals surface area contributed by atoms with Crippen LogP contribution in [0.25, 0.3) is 54.2 Å². The highest BCUT2D eigenvalue weighted by Crippen LogP contribution is 2.47. The lowest BCUT2D eigenvalue weighted by Gasteiger charge is -2.22. The van der Waals surface area contributed by atoms with Crippen molar-refractivity contribution in [3.05, 3.63) is 159 Å². The third kappa shape index (κ3) is 5.59. The summed E-state index contributed by atoms with van der Waals surface area (Å²) in [5.74, 6) is -30.6. The molecule has 0 unspecified atom stereocenters. The van der Waals surface area contributed by atoms with E-state index in [9.17, 15) is 17.6 Å². The summed E-state index contributed by atoms with van der Waals surface area (Å²) in [4.78, 5) is 0. The molecule has 8 aromatic carbocycles. The van der Waals surface area contributed by atoms with Gasteiger partial charge in [0, 0.05) is 55.4 Å². The van der Waals surface area contributed by atoms with Gasteiger partial charge in [0.15, 0.2) is 69.7 Å². The normalized spacial score (nSPS) is 12.2. The molecule has 0 amide bonds. The van der Waals surface area contributed by atoms with E-state index in [-0.39, 0.29) is 16.3 Å². The van der Waals surface area contributed by atoms with Crippen molar-refractivity contribution in [2.24, 2.45) is 0 Å². The van der Waals surface area contributed by atoms with E-state index in [1.165, 1.54) is 12.1 Å². The van der Waals surface area contributed by atoms with Crippen LogP contribution in [0.1, 0.15) is 11.1 Å². The van der Waals surface area contributed by atoms with Crippen molar-refractivity contribution >= 4 is 50.4 Å². The third-order valence-corrected chi connectivity index (χ3v) is 9.96. The first-order chi connectivity index (χ1) is 28.1. The predicted octanol–water partition coefficient (Wildman–Crippen LogP) is 12.3. The fourth-order valence-corrected chi connectivity index (χ4v) is 7.24. The quantitative estimate of drug-likeness (QED) is 0.0723. The highest BCUT2D eigenvalue weighted by Gasteiger charge is 2.42. The number of hydrogen-bond donors (Lipinski definition) is 0. The Hall–Kier alpha value is -6.72. The molecule has 1 aliphatic rings. The molecule has 0 spiro atoms. The van der Waals surface area contributed by atoms with E-state index in [0.29, 0.717) is 24.3 Å². The van der Waals surface area contributed by atoms with E-state index in [2.05, 4.69) is 0 Å². The molecule has 0 aliphatic heterocycles. The molecule has 0 N–H and O–H groups in total. The lowest BCUT2D eigenvalue weighted by molar-refractivity contribution is 0.280. The average molecular weight is 830 g/mol. The molecule has 296 valence electrons. The van der Waals surface area contributed by atoms with Crippen molar-refractivity contribution in [1.29, 1.82) is 0 Å². The summed E-state index contributed by atoms with van der Waals surface area (Å²) in [6, 6.07) is 9.12. The fourth-order valence-electron chi connectivity index (χ4n) is 7.24. The first kappa shape index (κ1) is 37.8. The Morgan fingerprint density at radius 2 is 0.814 bits per heavy atom. The van der Waals surface area contributed by atoms with Crippen LogP contribution in [0.4, 0.5) is 61.5 Å². The maximum Gasteiger partial charge on any atom is 0.864 e. The standard InChI is InChI=1S/C41H13BF14O3/c43-23-3-1-2-15-10-22-27(26(15)23)32(50)35(53)38(56)41(22)59-42(57-39-20-8-13-4-6-24(44)28(46)16(13)11-18(20)30(48)33(51)36(39)54)58-40-21-9-14-5-7-25(45)29(47)17(14)12-19(21)31(49)34(52)37(40)55/h1-9,11-12H,10H2. The molecular weight excluding hydrogens is 817 g/mol. The minimum Gasteiger partial charge on any atom is -0.486 e. The second-order valence-corrected chi connectivity index (χ2v) is 13.2. The molecule has 59 heavy (non-hydrogen) atoms. The summed E-state index contributed by atoms with van der Waals surface area (Å²) in [7, 11) is -3.06. The predicted molar refractivity (Wildman–Crippen MR) is 185 cm³/mol. The highest BCUT2D eigenvalue weighted by molar-refractivity contribution is 6.40. The number of benzene rings is 8. The van der Waals surface area contributed by atoms with E-state index in [0.717, 1.165) is 30.3 Å². The van der Waals surface area contributed by atoms with Gasteiger partial charge in [-0.3, -0.25) is 0 Å². The molecule has 0 fully saturated rings. The van der Waals surface area contributed by atoms with Gasteiger partial charge in [0.1, 0.15) is 11.6 Å². The van der Waals surface area contributed by atoms with Crippen molar-refractivity contribution in [3.63, 3.8) is 0 Å². The number of hydrogen-bond acceptors (Lipinski definition) is 3. The van der Waals surface area contributed by atoms with E-state index < -0.39 is 161 Å². The molecule has 0 saturated carbocycles. The van der Waals surface area contributed by atoms with Crippen molar-refractivity contribution < 1.29 is 75.4 Å². The molecule has 8 aromatic rings. The molecule has 18 heteroatoms. The maximum absolute atomic E-state index is 15.8. The van der Waals surface area contributed by atoms with E-state index in [1.807, 2.05) is 0 Å². The SMILES string of the molecule is Fc1cccc2c1-c1c(F)c(F)c(F)c(OB(Oc3c(F)c(F)c(F)c4cc5c(F)c(F)ccc5cc34)Oc3c(F)c(F)c(F)c4cc5c(F)c(F)ccc5cc34)c1C2. The van der Waals surface area contributed by atoms with Gasteiger partial charge < -0.3 is 14.0 Å². The summed E-state index contributed by atoms with van der Waals surface area (Å²) in [6.45, 7) is 0. The molecule has 3 nitrogen and oxygen atoms in total. The Kier molecular flexibility index (Phi) is 8.61. The third-order valence-electron chi connectivity index (χ3n) is 9.96. The molecule has 1 aliphatic carbocycles. The van der Waals surface area contributed by atoms with Gasteiger partial charge in [-0.25, -0.2) is 48.3 Å². The first-order valence-electron chi connectivity index (χ1n) is 16.8. The maximum atomic E-state index is 15.8. The summed E-state index contributed by atoms with van der Waals surface area (Å²) < 4.78 is 228. The second-order valence-electron chi connectivity index (χ2n) is 13.2. The van der Waals surface area contributed by atoms with Crippen LogP contribution in [0.2, 0.25) is 0 Å². The minimum atomic E-state index is -3.06. The van der Waals surface area contributed by atoms with Gasteiger partial charge in [0.25, 0.3) is 0 Å². The lowest BCUT2D eigenvalue weighted by atomic mass is 10.00. The van der Waals surface area contributed by atoms with Gasteiger partial charge >= 0.3 is 7.32 Å². The summed E-state index contributed by atoms with van der Waals surface area (Å²) in [5.41, 5.74) is -2.09. The highest BCUT2D eigenvalue weighted by atomic mass is 19.2. The molecule has 0 aromatic heterocycles. The Balaban J connectivity index is 1.29. The van der Waals surface area contributed by atoms with Gasteiger partial charge in [0.05, 0.1) is 0 Å². The Morgan fingerprint density at radius 3 is 1.32 bits per heavy atom. The smallest absolute Gasteiger partial charge is 0.486 e. The van der Waals surface area contributed by atoms with Gasteiger partial charge in [-0.15, -0.1) is 0 Å². The van der Waals surface area contributed by atoms with Crippen LogP contribution in [-0.4, -0.2) is 7.32 Å². The molecule has 0 atom stereocenters. The molecule has 0 radical (unpaired) electrons. The average Bonchev–Trinajstić information content (AvgIpc) is 3.63. The summed E-state index contributed by atoms with van der Waals surface area (Å²) >= 11 is 0. The topological polar surface area (TPSA) is 27.7 Å². The molecule has 0 bridgehead atoms. The monoisotopic (exact) mass is 830 g/mol. The molecule has 9 rings (SSSR count). The minimum absolute atomic E-state index is 0.0338. The van der Waals surface area contributed by atoms with Crippen LogP contribution in [-0.2, 0) is 6.42 Å². The summed E-state index contributed by atoms with van der Waals surface area (Å²) in [6.07, 6.45) is -0.592. The molecule has 0 saturated heterocycles. The van der Waals surface area contributed by atoms with Gasteiger partial charge in [-0.05, 0) is 58.8 Å². The molecule has 0 heterocycles. The van der Waals surface area contributed by atoms with Crippen LogP contribution in [0.15, 0.2) is 66.7 Å². The second kappa shape index (κ2) is 13.4. The zero-order valence-electron chi connectivity index (χ0n) is 28.7. The van der Waals surface area contributed by atoms with Crippen molar-refractivity contribution in [3.8, 4) is 28.4 Å². The van der Waals surface area contributed by atoms with Crippen molar-refractivity contribution in [1.82, 2.24) is 0 Å². The van der Waals surface area contributed by atoms with E-state index >= 15 is 43.9 Å². The Labute approximate surface area is 319 Å². The van der Waals surface area contributed by atoms with Crippen molar-refractivity contribution in [2.45, 2.75) is 6.42 Å². The number of fused-ring (bicyclic) bond motifs is 7. The van der Waals surface area contributed by atoms with Crippen LogP contribution in [0, 0.1) is 81.4 Å². The van der Waals surface area contributed by atoms with E-state index in [1.54, 1.807) is 0 Å². The zero-order valence-corrected chi connectivity index (χ0v) is 28.7. The van der Waals surface area contributed by atoms with Gasteiger partial charge in [-0.1, -0.05) is 24.3 Å². The first-order valence-corrected chi connectivity index (χ1v) is 16.8. The van der Waals surface area contributed by atoms with E-state index in [4.69, 9.17) is 14.0 Å². The lowest BCUT2D eigenvalue weighted by Crippen LogP contribution is -2.38. The number of rotatable bonds is 6. The van der Waals surface area contributed by atoms with Gasteiger partial charge in [0.2, 0.25) is 17.5 Å². The Bertz CT molecular complexity index is 3040. The van der Waals surface area contributed by atoms with Crippen LogP contribution in [0.5, 0.6) is 17.2 Å². The van der Waals surface area contributed by atoms with Crippen LogP contribution < -0.4 is 14.0 Å². The van der Waals surface area contributed by atoms with Crippen LogP contribution >= 0.6 is 0 Å². The largest absolute Gasteiger partial charge is 0.864 e.